The number of hydrogen-bond acceptors (Lipinski definition) is 3. The van der Waals surface area contributed by atoms with E-state index in [2.05, 4.69) is 12.2 Å². The minimum atomic E-state index is 0. The first-order chi connectivity index (χ1) is 9.65. The Hall–Kier alpha value is -0.320. The summed E-state index contributed by atoms with van der Waals surface area (Å²) in [4.78, 5) is 12.4. The zero-order valence-corrected chi connectivity index (χ0v) is 13.8. The smallest absolute Gasteiger partial charge is 0.223 e. The van der Waals surface area contributed by atoms with Crippen LogP contribution in [0.4, 0.5) is 0 Å². The monoisotopic (exact) mass is 316 g/mol. The van der Waals surface area contributed by atoms with E-state index in [0.29, 0.717) is 12.1 Å². The van der Waals surface area contributed by atoms with Gasteiger partial charge in [0.05, 0.1) is 6.10 Å². The first-order valence-corrected chi connectivity index (χ1v) is 8.33. The summed E-state index contributed by atoms with van der Waals surface area (Å²) in [6.45, 7) is 2.84. The summed E-state index contributed by atoms with van der Waals surface area (Å²) in [5.74, 6) is 0.383. The lowest BCUT2D eigenvalue weighted by Gasteiger charge is -2.61. The molecule has 122 valence electrons. The number of carbonyl (C=O) groups is 1. The second-order valence-corrected chi connectivity index (χ2v) is 6.95. The van der Waals surface area contributed by atoms with Crippen molar-refractivity contribution in [2.24, 2.45) is 17.1 Å². The minimum absolute atomic E-state index is 0. The molecule has 4 atom stereocenters. The van der Waals surface area contributed by atoms with E-state index in [1.165, 1.54) is 19.3 Å². The summed E-state index contributed by atoms with van der Waals surface area (Å²) >= 11 is 0. The van der Waals surface area contributed by atoms with Gasteiger partial charge in [-0.15, -0.1) is 12.4 Å². The summed E-state index contributed by atoms with van der Waals surface area (Å²) in [5, 5.41) is 3.31. The van der Waals surface area contributed by atoms with Crippen LogP contribution in [-0.4, -0.2) is 30.7 Å². The first kappa shape index (κ1) is 17.0. The maximum atomic E-state index is 12.4. The number of halogens is 1. The van der Waals surface area contributed by atoms with Gasteiger partial charge in [-0.2, -0.15) is 0 Å². The Morgan fingerprint density at radius 2 is 2.05 bits per heavy atom. The van der Waals surface area contributed by atoms with Crippen LogP contribution in [0.15, 0.2) is 0 Å². The number of rotatable bonds is 4. The standard InChI is InChI=1S/C16H28N2O2.ClH/c1-2-20-14-10-13(16(14)7-4-8-16)18-15(19)11-5-3-6-12(17)9-11;/h11-14H,2-10,17H2,1H3,(H,18,19);1H. The maximum Gasteiger partial charge on any atom is 0.223 e. The van der Waals surface area contributed by atoms with Crippen molar-refractivity contribution in [1.29, 1.82) is 0 Å². The molecule has 0 aromatic rings. The molecule has 1 spiro atoms. The van der Waals surface area contributed by atoms with Crippen LogP contribution in [0.5, 0.6) is 0 Å². The van der Waals surface area contributed by atoms with E-state index < -0.39 is 0 Å². The molecule has 0 aromatic carbocycles. The van der Waals surface area contributed by atoms with Crippen LogP contribution in [0, 0.1) is 11.3 Å². The SMILES string of the molecule is CCOC1CC(NC(=O)C2CCCC(N)C2)C12CCC2.Cl. The highest BCUT2D eigenvalue weighted by Gasteiger charge is 2.59. The van der Waals surface area contributed by atoms with Crippen molar-refractivity contribution < 1.29 is 9.53 Å². The molecule has 3 fully saturated rings. The summed E-state index contributed by atoms with van der Waals surface area (Å²) in [5.41, 5.74) is 6.26. The second-order valence-electron chi connectivity index (χ2n) is 6.95. The van der Waals surface area contributed by atoms with Crippen molar-refractivity contribution in [3.8, 4) is 0 Å². The van der Waals surface area contributed by atoms with Gasteiger partial charge in [0.1, 0.15) is 0 Å². The lowest BCUT2D eigenvalue weighted by molar-refractivity contribution is -0.177. The van der Waals surface area contributed by atoms with Gasteiger partial charge >= 0.3 is 0 Å². The maximum absolute atomic E-state index is 12.4. The molecule has 3 saturated carbocycles. The van der Waals surface area contributed by atoms with Crippen LogP contribution in [0.3, 0.4) is 0 Å². The van der Waals surface area contributed by atoms with Crippen LogP contribution < -0.4 is 11.1 Å². The Labute approximate surface area is 134 Å². The number of hydrogen-bond donors (Lipinski definition) is 2. The van der Waals surface area contributed by atoms with Gasteiger partial charge in [0, 0.05) is 30.0 Å². The van der Waals surface area contributed by atoms with E-state index in [-0.39, 0.29) is 35.7 Å². The van der Waals surface area contributed by atoms with Crippen LogP contribution in [-0.2, 0) is 9.53 Å². The van der Waals surface area contributed by atoms with Gasteiger partial charge in [-0.25, -0.2) is 0 Å². The third-order valence-electron chi connectivity index (χ3n) is 5.84. The van der Waals surface area contributed by atoms with Gasteiger partial charge < -0.3 is 15.8 Å². The van der Waals surface area contributed by atoms with E-state index in [4.69, 9.17) is 10.5 Å². The largest absolute Gasteiger partial charge is 0.378 e. The Kier molecular flexibility index (Phi) is 5.55. The predicted molar refractivity (Wildman–Crippen MR) is 85.4 cm³/mol. The molecular formula is C16H29ClN2O2. The fourth-order valence-corrected chi connectivity index (χ4v) is 4.40. The van der Waals surface area contributed by atoms with Crippen LogP contribution >= 0.6 is 12.4 Å². The number of carbonyl (C=O) groups excluding carboxylic acids is 1. The average Bonchev–Trinajstić information content (AvgIpc) is 2.35. The zero-order chi connectivity index (χ0) is 14.2. The van der Waals surface area contributed by atoms with Crippen molar-refractivity contribution in [2.75, 3.05) is 6.61 Å². The molecule has 3 N–H and O–H groups in total. The molecule has 0 radical (unpaired) electrons. The van der Waals surface area contributed by atoms with Gasteiger partial charge in [0.25, 0.3) is 0 Å². The van der Waals surface area contributed by atoms with E-state index in [1.807, 2.05) is 0 Å². The second kappa shape index (κ2) is 6.84. The first-order valence-electron chi connectivity index (χ1n) is 8.33. The highest BCUT2D eigenvalue weighted by Crippen LogP contribution is 2.57. The molecule has 3 aliphatic rings. The molecule has 0 saturated heterocycles. The number of nitrogens with two attached hydrogens (primary N) is 1. The molecule has 0 heterocycles. The molecule has 1 amide bonds. The molecule has 3 aliphatic carbocycles. The third-order valence-corrected chi connectivity index (χ3v) is 5.84. The molecule has 21 heavy (non-hydrogen) atoms. The van der Waals surface area contributed by atoms with Gasteiger partial charge in [-0.3, -0.25) is 4.79 Å². The molecule has 4 unspecified atom stereocenters. The van der Waals surface area contributed by atoms with Crippen molar-refractivity contribution in [1.82, 2.24) is 5.32 Å². The minimum Gasteiger partial charge on any atom is -0.378 e. The quantitative estimate of drug-likeness (QED) is 0.837. The van der Waals surface area contributed by atoms with E-state index in [1.54, 1.807) is 0 Å². The van der Waals surface area contributed by atoms with Crippen molar-refractivity contribution in [3.05, 3.63) is 0 Å². The van der Waals surface area contributed by atoms with Crippen molar-refractivity contribution >= 4 is 18.3 Å². The Bertz CT molecular complexity index is 373. The summed E-state index contributed by atoms with van der Waals surface area (Å²) < 4.78 is 5.84. The number of nitrogens with one attached hydrogen (secondary N) is 1. The normalized spacial score (nSPS) is 37.0. The molecular weight excluding hydrogens is 288 g/mol. The Morgan fingerprint density at radius 3 is 2.62 bits per heavy atom. The van der Waals surface area contributed by atoms with E-state index in [0.717, 1.165) is 38.7 Å². The highest BCUT2D eigenvalue weighted by atomic mass is 35.5. The van der Waals surface area contributed by atoms with Gasteiger partial charge in [-0.05, 0) is 45.4 Å². The zero-order valence-electron chi connectivity index (χ0n) is 13.0. The number of ether oxygens (including phenoxy) is 1. The van der Waals surface area contributed by atoms with Crippen molar-refractivity contribution in [3.63, 3.8) is 0 Å². The average molecular weight is 317 g/mol. The van der Waals surface area contributed by atoms with Gasteiger partial charge in [0.2, 0.25) is 5.91 Å². The third kappa shape index (κ3) is 3.08. The molecule has 0 bridgehead atoms. The summed E-state index contributed by atoms with van der Waals surface area (Å²) in [6.07, 6.45) is 9.12. The summed E-state index contributed by atoms with van der Waals surface area (Å²) in [6, 6.07) is 0.563. The Morgan fingerprint density at radius 1 is 1.29 bits per heavy atom. The van der Waals surface area contributed by atoms with Gasteiger partial charge in [-0.1, -0.05) is 12.8 Å². The predicted octanol–water partition coefficient (Wildman–Crippen LogP) is 2.39. The van der Waals surface area contributed by atoms with Gasteiger partial charge in [0.15, 0.2) is 0 Å². The summed E-state index contributed by atoms with van der Waals surface area (Å²) in [7, 11) is 0. The molecule has 0 aliphatic heterocycles. The molecule has 5 heteroatoms. The molecule has 3 rings (SSSR count). The van der Waals surface area contributed by atoms with Crippen LogP contribution in [0.25, 0.3) is 0 Å². The number of amides is 1. The van der Waals surface area contributed by atoms with E-state index in [9.17, 15) is 4.79 Å². The lowest BCUT2D eigenvalue weighted by atomic mass is 9.51. The molecule has 4 nitrogen and oxygen atoms in total. The lowest BCUT2D eigenvalue weighted by Crippen LogP contribution is -2.68. The van der Waals surface area contributed by atoms with Crippen LogP contribution in [0.2, 0.25) is 0 Å². The van der Waals surface area contributed by atoms with Crippen molar-refractivity contribution in [2.45, 2.75) is 76.5 Å². The van der Waals surface area contributed by atoms with Crippen LogP contribution in [0.1, 0.15) is 58.3 Å². The highest BCUT2D eigenvalue weighted by molar-refractivity contribution is 5.85. The topological polar surface area (TPSA) is 64.3 Å². The fourth-order valence-electron chi connectivity index (χ4n) is 4.40. The van der Waals surface area contributed by atoms with E-state index >= 15 is 0 Å². The Balaban J connectivity index is 0.00000161. The molecule has 0 aromatic heterocycles. The fraction of sp³-hybridized carbons (Fsp3) is 0.938.